The highest BCUT2D eigenvalue weighted by Gasteiger charge is 2.34. The Kier molecular flexibility index (Phi) is 11.4. The van der Waals surface area contributed by atoms with E-state index in [0.717, 1.165) is 32.3 Å². The molecule has 0 aliphatic heterocycles. The van der Waals surface area contributed by atoms with Crippen LogP contribution in [0.3, 0.4) is 0 Å². The van der Waals surface area contributed by atoms with Crippen LogP contribution in [0.1, 0.15) is 50.3 Å². The average Bonchev–Trinajstić information content (AvgIpc) is 2.97. The zero-order chi connectivity index (χ0) is 30.2. The summed E-state index contributed by atoms with van der Waals surface area (Å²) in [6.45, 7) is 9.39. The van der Waals surface area contributed by atoms with E-state index in [-0.39, 0.29) is 23.4 Å². The van der Waals surface area contributed by atoms with Gasteiger partial charge in [-0.25, -0.2) is 8.42 Å². The lowest BCUT2D eigenvalue weighted by Gasteiger charge is -2.33. The molecule has 0 unspecified atom stereocenters. The first-order valence-corrected chi connectivity index (χ1v) is 16.5. The lowest BCUT2D eigenvalue weighted by atomic mass is 10.1. The Morgan fingerprint density at radius 2 is 1.41 bits per heavy atom. The minimum Gasteiger partial charge on any atom is -0.352 e. The number of aryl methyl sites for hydroxylation is 2. The van der Waals surface area contributed by atoms with E-state index in [9.17, 15) is 18.0 Å². The van der Waals surface area contributed by atoms with Crippen LogP contribution in [0.4, 0.5) is 5.69 Å². The van der Waals surface area contributed by atoms with Gasteiger partial charge in [0.15, 0.2) is 0 Å². The molecular weight excluding hydrogens is 555 g/mol. The van der Waals surface area contributed by atoms with Crippen LogP contribution in [0, 0.1) is 13.8 Å². The molecule has 0 heterocycles. The van der Waals surface area contributed by atoms with Crippen LogP contribution in [-0.4, -0.2) is 50.0 Å². The van der Waals surface area contributed by atoms with Crippen LogP contribution < -0.4 is 9.62 Å². The fourth-order valence-electron chi connectivity index (χ4n) is 4.37. The summed E-state index contributed by atoms with van der Waals surface area (Å²) in [6.07, 6.45) is 3.06. The fraction of sp³-hybridized carbons (Fsp3) is 0.375. The van der Waals surface area contributed by atoms with Crippen molar-refractivity contribution >= 4 is 39.3 Å². The fourth-order valence-corrected chi connectivity index (χ4v) is 6.19. The summed E-state index contributed by atoms with van der Waals surface area (Å²) in [5.74, 6) is -0.707. The van der Waals surface area contributed by atoms with Crippen molar-refractivity contribution in [2.24, 2.45) is 0 Å². The van der Waals surface area contributed by atoms with E-state index < -0.39 is 28.5 Å². The van der Waals surface area contributed by atoms with Gasteiger partial charge in [0, 0.05) is 17.5 Å². The van der Waals surface area contributed by atoms with Crippen LogP contribution in [0.2, 0.25) is 0 Å². The molecule has 0 aromatic heterocycles. The van der Waals surface area contributed by atoms with Crippen LogP contribution >= 0.6 is 11.8 Å². The highest BCUT2D eigenvalue weighted by atomic mass is 32.2. The number of nitrogens with one attached hydrogen (secondary N) is 1. The first kappa shape index (κ1) is 32.2. The van der Waals surface area contributed by atoms with Crippen molar-refractivity contribution in [1.29, 1.82) is 0 Å². The zero-order valence-electron chi connectivity index (χ0n) is 24.8. The maximum atomic E-state index is 14.1. The molecule has 0 saturated carbocycles. The SMILES string of the molecule is CC[C@H](C(=O)N[C@@H](C)CC)N(Cc1ccc(C)cc1)C(=O)CN(c1ccc(C)cc1)S(=O)(=O)c1ccc(SC)cc1. The van der Waals surface area contributed by atoms with E-state index in [4.69, 9.17) is 0 Å². The number of amides is 2. The Morgan fingerprint density at radius 3 is 1.93 bits per heavy atom. The summed E-state index contributed by atoms with van der Waals surface area (Å²) < 4.78 is 29.1. The number of rotatable bonds is 13. The number of hydrogen-bond donors (Lipinski definition) is 1. The third-order valence-corrected chi connectivity index (χ3v) is 9.64. The zero-order valence-corrected chi connectivity index (χ0v) is 26.4. The maximum Gasteiger partial charge on any atom is 0.264 e. The number of sulfonamides is 1. The molecule has 0 fully saturated rings. The van der Waals surface area contributed by atoms with Crippen LogP contribution in [0.5, 0.6) is 0 Å². The highest BCUT2D eigenvalue weighted by molar-refractivity contribution is 7.98. The van der Waals surface area contributed by atoms with Gasteiger partial charge in [0.2, 0.25) is 11.8 Å². The van der Waals surface area contributed by atoms with E-state index in [2.05, 4.69) is 5.32 Å². The molecule has 9 heteroatoms. The Morgan fingerprint density at radius 1 is 0.854 bits per heavy atom. The predicted octanol–water partition coefficient (Wildman–Crippen LogP) is 5.94. The quantitative estimate of drug-likeness (QED) is 0.247. The van der Waals surface area contributed by atoms with Crippen molar-refractivity contribution in [3.05, 3.63) is 89.5 Å². The predicted molar refractivity (Wildman–Crippen MR) is 168 cm³/mol. The molecule has 2 amide bonds. The Labute approximate surface area is 249 Å². The largest absolute Gasteiger partial charge is 0.352 e. The van der Waals surface area contributed by atoms with E-state index in [1.54, 1.807) is 36.4 Å². The number of anilines is 1. The van der Waals surface area contributed by atoms with Gasteiger partial charge in [-0.1, -0.05) is 61.4 Å². The molecule has 2 atom stereocenters. The van der Waals surface area contributed by atoms with E-state index >= 15 is 0 Å². The van der Waals surface area contributed by atoms with Gasteiger partial charge in [0.1, 0.15) is 12.6 Å². The van der Waals surface area contributed by atoms with Gasteiger partial charge in [-0.2, -0.15) is 0 Å². The number of carbonyl (C=O) groups excluding carboxylic acids is 2. The molecule has 220 valence electrons. The smallest absolute Gasteiger partial charge is 0.264 e. The number of benzene rings is 3. The van der Waals surface area contributed by atoms with Crippen molar-refractivity contribution in [2.45, 2.75) is 75.9 Å². The first-order chi connectivity index (χ1) is 19.5. The third kappa shape index (κ3) is 8.36. The van der Waals surface area contributed by atoms with Gasteiger partial charge in [-0.15, -0.1) is 11.8 Å². The van der Waals surface area contributed by atoms with Gasteiger partial charge in [-0.3, -0.25) is 13.9 Å². The molecular formula is C32H41N3O4S2. The second-order valence-electron chi connectivity index (χ2n) is 10.3. The summed E-state index contributed by atoms with van der Waals surface area (Å²) in [5.41, 5.74) is 3.29. The molecule has 3 rings (SSSR count). The maximum absolute atomic E-state index is 14.1. The molecule has 3 aromatic rings. The third-order valence-electron chi connectivity index (χ3n) is 7.11. The molecule has 1 N–H and O–H groups in total. The minimum atomic E-state index is -4.10. The van der Waals surface area contributed by atoms with E-state index in [1.165, 1.54) is 16.7 Å². The van der Waals surface area contributed by atoms with E-state index in [0.29, 0.717) is 12.1 Å². The highest BCUT2D eigenvalue weighted by Crippen LogP contribution is 2.27. The van der Waals surface area contributed by atoms with Crippen molar-refractivity contribution in [2.75, 3.05) is 17.1 Å². The van der Waals surface area contributed by atoms with Crippen LogP contribution in [0.15, 0.2) is 82.6 Å². The normalized spacial score (nSPS) is 12.8. The lowest BCUT2D eigenvalue weighted by Crippen LogP contribution is -2.53. The number of carbonyl (C=O) groups is 2. The summed E-state index contributed by atoms with van der Waals surface area (Å²) in [7, 11) is -4.10. The second kappa shape index (κ2) is 14.5. The summed E-state index contributed by atoms with van der Waals surface area (Å²) in [4.78, 5) is 30.0. The van der Waals surface area contributed by atoms with Crippen LogP contribution in [-0.2, 0) is 26.2 Å². The monoisotopic (exact) mass is 595 g/mol. The molecule has 0 radical (unpaired) electrons. The van der Waals surface area contributed by atoms with Gasteiger partial charge in [0.05, 0.1) is 10.6 Å². The average molecular weight is 596 g/mol. The molecule has 3 aromatic carbocycles. The molecule has 0 spiro atoms. The molecule has 0 saturated heterocycles. The molecule has 0 aliphatic carbocycles. The van der Waals surface area contributed by atoms with Crippen molar-refractivity contribution in [3.63, 3.8) is 0 Å². The number of hydrogen-bond acceptors (Lipinski definition) is 5. The lowest BCUT2D eigenvalue weighted by molar-refractivity contribution is -0.140. The molecule has 0 aliphatic rings. The van der Waals surface area contributed by atoms with Gasteiger partial charge < -0.3 is 10.2 Å². The van der Waals surface area contributed by atoms with Gasteiger partial charge in [0.25, 0.3) is 10.0 Å². The molecule has 0 bridgehead atoms. The van der Waals surface area contributed by atoms with Crippen molar-refractivity contribution < 1.29 is 18.0 Å². The van der Waals surface area contributed by atoms with E-state index in [1.807, 2.05) is 77.3 Å². The van der Waals surface area contributed by atoms with Crippen molar-refractivity contribution in [3.8, 4) is 0 Å². The van der Waals surface area contributed by atoms with Crippen LogP contribution in [0.25, 0.3) is 0 Å². The number of thioether (sulfide) groups is 1. The first-order valence-electron chi connectivity index (χ1n) is 13.9. The Balaban J connectivity index is 2.05. The Bertz CT molecular complexity index is 1410. The summed E-state index contributed by atoms with van der Waals surface area (Å²) in [6, 6.07) is 20.6. The van der Waals surface area contributed by atoms with Crippen molar-refractivity contribution in [1.82, 2.24) is 10.2 Å². The summed E-state index contributed by atoms with van der Waals surface area (Å²) in [5, 5.41) is 3.00. The van der Waals surface area contributed by atoms with Gasteiger partial charge >= 0.3 is 0 Å². The topological polar surface area (TPSA) is 86.8 Å². The standard InChI is InChI=1S/C32H41N3O4S2/c1-7-25(5)33-32(37)30(8-2)34(21-26-13-9-23(3)10-14-26)31(36)22-35(27-15-11-24(4)12-16-27)41(38,39)29-19-17-28(40-6)18-20-29/h9-20,25,30H,7-8,21-22H2,1-6H3,(H,33,37)/t25-,30+/m0/s1. The molecule has 7 nitrogen and oxygen atoms in total. The molecule has 41 heavy (non-hydrogen) atoms. The van der Waals surface area contributed by atoms with Gasteiger partial charge in [-0.05, 0) is 81.8 Å². The summed E-state index contributed by atoms with van der Waals surface area (Å²) >= 11 is 1.52. The number of nitrogens with zero attached hydrogens (tertiary/aromatic N) is 2. The second-order valence-corrected chi connectivity index (χ2v) is 13.0. The minimum absolute atomic E-state index is 0.0541. The Hall–Kier alpha value is -3.30.